The zero-order chi connectivity index (χ0) is 15.4. The molecule has 3 N–H and O–H groups in total. The SMILES string of the molecule is Cc1cc(C)n(CCCNc2ncc(C(N)=O)cc2Cl)n1. The van der Waals surface area contributed by atoms with E-state index in [1.807, 2.05) is 18.5 Å². The summed E-state index contributed by atoms with van der Waals surface area (Å²) in [4.78, 5) is 15.1. The number of anilines is 1. The molecule has 2 heterocycles. The van der Waals surface area contributed by atoms with Crippen LogP contribution in [0.1, 0.15) is 28.2 Å². The van der Waals surface area contributed by atoms with Gasteiger partial charge in [0.15, 0.2) is 0 Å². The van der Waals surface area contributed by atoms with Crippen molar-refractivity contribution in [3.05, 3.63) is 40.3 Å². The summed E-state index contributed by atoms with van der Waals surface area (Å²) in [5.74, 6) is 0.00973. The highest BCUT2D eigenvalue weighted by atomic mass is 35.5. The number of rotatable bonds is 6. The molecule has 21 heavy (non-hydrogen) atoms. The Balaban J connectivity index is 1.86. The number of pyridine rings is 1. The third kappa shape index (κ3) is 3.95. The molecule has 6 nitrogen and oxygen atoms in total. The molecule has 0 bridgehead atoms. The number of carbonyl (C=O) groups excluding carboxylic acids is 1. The number of aromatic nitrogens is 3. The average molecular weight is 308 g/mol. The van der Waals surface area contributed by atoms with Gasteiger partial charge in [0.1, 0.15) is 5.82 Å². The van der Waals surface area contributed by atoms with Crippen LogP contribution < -0.4 is 11.1 Å². The Morgan fingerprint density at radius 3 is 2.76 bits per heavy atom. The Morgan fingerprint density at radius 1 is 1.43 bits per heavy atom. The molecule has 0 aromatic carbocycles. The highest BCUT2D eigenvalue weighted by Crippen LogP contribution is 2.19. The number of hydrogen-bond acceptors (Lipinski definition) is 4. The molecule has 0 saturated heterocycles. The van der Waals surface area contributed by atoms with Gasteiger partial charge in [-0.15, -0.1) is 0 Å². The van der Waals surface area contributed by atoms with Crippen molar-refractivity contribution in [3.63, 3.8) is 0 Å². The highest BCUT2D eigenvalue weighted by Gasteiger charge is 2.07. The monoisotopic (exact) mass is 307 g/mol. The molecule has 0 fully saturated rings. The second kappa shape index (κ2) is 6.58. The molecule has 0 atom stereocenters. The summed E-state index contributed by atoms with van der Waals surface area (Å²) in [7, 11) is 0. The van der Waals surface area contributed by atoms with Gasteiger partial charge in [-0.3, -0.25) is 9.48 Å². The number of primary amides is 1. The standard InChI is InChI=1S/C14H18ClN5O/c1-9-6-10(2)20(19-9)5-3-4-17-14-12(15)7-11(8-18-14)13(16)21/h6-8H,3-5H2,1-2H3,(H2,16,21)(H,17,18). The summed E-state index contributed by atoms with van der Waals surface area (Å²) in [6.07, 6.45) is 2.30. The minimum Gasteiger partial charge on any atom is -0.369 e. The van der Waals surface area contributed by atoms with Gasteiger partial charge in [-0.1, -0.05) is 11.6 Å². The summed E-state index contributed by atoms with van der Waals surface area (Å²) in [6.45, 7) is 5.55. The van der Waals surface area contributed by atoms with Crippen LogP contribution in [0.15, 0.2) is 18.3 Å². The second-order valence-corrected chi connectivity index (χ2v) is 5.26. The van der Waals surface area contributed by atoms with Crippen molar-refractivity contribution >= 4 is 23.3 Å². The normalized spacial score (nSPS) is 10.6. The number of nitrogens with two attached hydrogens (primary N) is 1. The van der Waals surface area contributed by atoms with Crippen molar-refractivity contribution in [3.8, 4) is 0 Å². The van der Waals surface area contributed by atoms with Crippen LogP contribution in [0.4, 0.5) is 5.82 Å². The molecule has 0 aliphatic carbocycles. The summed E-state index contributed by atoms with van der Waals surface area (Å²) in [6, 6.07) is 3.56. The van der Waals surface area contributed by atoms with Crippen LogP contribution in [-0.4, -0.2) is 27.2 Å². The molecule has 0 saturated carbocycles. The molecule has 112 valence electrons. The van der Waals surface area contributed by atoms with Gasteiger partial charge in [0, 0.05) is 25.0 Å². The van der Waals surface area contributed by atoms with Crippen molar-refractivity contribution < 1.29 is 4.79 Å². The lowest BCUT2D eigenvalue weighted by molar-refractivity contribution is 0.1000. The lowest BCUT2D eigenvalue weighted by atomic mass is 10.2. The van der Waals surface area contributed by atoms with Crippen LogP contribution in [-0.2, 0) is 6.54 Å². The molecule has 2 aromatic heterocycles. The maximum Gasteiger partial charge on any atom is 0.250 e. The number of amides is 1. The first-order valence-electron chi connectivity index (χ1n) is 6.67. The number of nitrogens with one attached hydrogen (secondary N) is 1. The quantitative estimate of drug-likeness (QED) is 0.801. The average Bonchev–Trinajstić information content (AvgIpc) is 2.74. The number of aryl methyl sites for hydroxylation is 3. The molecule has 1 amide bonds. The summed E-state index contributed by atoms with van der Waals surface area (Å²) >= 11 is 6.05. The van der Waals surface area contributed by atoms with Gasteiger partial charge < -0.3 is 11.1 Å². The molecule has 2 aromatic rings. The third-order valence-corrected chi connectivity index (χ3v) is 3.36. The van der Waals surface area contributed by atoms with E-state index in [2.05, 4.69) is 21.5 Å². The lowest BCUT2D eigenvalue weighted by Gasteiger charge is -2.09. The molecule has 2 rings (SSSR count). The van der Waals surface area contributed by atoms with Crippen molar-refractivity contribution in [1.82, 2.24) is 14.8 Å². The highest BCUT2D eigenvalue weighted by molar-refractivity contribution is 6.33. The second-order valence-electron chi connectivity index (χ2n) is 4.85. The minimum absolute atomic E-state index is 0.299. The smallest absolute Gasteiger partial charge is 0.250 e. The van der Waals surface area contributed by atoms with E-state index < -0.39 is 5.91 Å². The summed E-state index contributed by atoms with van der Waals surface area (Å²) in [5.41, 5.74) is 7.63. The topological polar surface area (TPSA) is 85.8 Å². The Kier molecular flexibility index (Phi) is 4.80. The molecular formula is C14H18ClN5O. The largest absolute Gasteiger partial charge is 0.369 e. The zero-order valence-corrected chi connectivity index (χ0v) is 12.8. The molecule has 7 heteroatoms. The predicted molar refractivity (Wildman–Crippen MR) is 82.6 cm³/mol. The maximum absolute atomic E-state index is 11.0. The predicted octanol–water partition coefficient (Wildman–Crippen LogP) is 2.15. The van der Waals surface area contributed by atoms with E-state index in [1.165, 1.54) is 12.3 Å². The number of hydrogen-bond donors (Lipinski definition) is 2. The van der Waals surface area contributed by atoms with Gasteiger partial charge in [-0.2, -0.15) is 5.10 Å². The van der Waals surface area contributed by atoms with Crippen molar-refractivity contribution in [2.24, 2.45) is 5.73 Å². The van der Waals surface area contributed by atoms with Gasteiger partial charge in [-0.25, -0.2) is 4.98 Å². The first-order valence-corrected chi connectivity index (χ1v) is 7.05. The summed E-state index contributed by atoms with van der Waals surface area (Å²) < 4.78 is 1.97. The Hall–Kier alpha value is -2.08. The van der Waals surface area contributed by atoms with Crippen LogP contribution >= 0.6 is 11.6 Å². The number of carbonyl (C=O) groups is 1. The maximum atomic E-state index is 11.0. The fraction of sp³-hybridized carbons (Fsp3) is 0.357. The van der Waals surface area contributed by atoms with E-state index in [0.717, 1.165) is 24.4 Å². The van der Waals surface area contributed by atoms with E-state index in [1.54, 1.807) is 0 Å². The fourth-order valence-corrected chi connectivity index (χ4v) is 2.27. The van der Waals surface area contributed by atoms with E-state index in [9.17, 15) is 4.79 Å². The first-order chi connectivity index (χ1) is 9.97. The van der Waals surface area contributed by atoms with Gasteiger partial charge in [0.2, 0.25) is 5.91 Å². The first kappa shape index (κ1) is 15.3. The molecule has 0 spiro atoms. The molecule has 0 aliphatic rings. The third-order valence-electron chi connectivity index (χ3n) is 3.07. The Labute approximate surface area is 128 Å². The van der Waals surface area contributed by atoms with Gasteiger partial charge in [0.05, 0.1) is 16.3 Å². The summed E-state index contributed by atoms with van der Waals surface area (Å²) in [5, 5.41) is 7.92. The van der Waals surface area contributed by atoms with Crippen molar-refractivity contribution in [1.29, 1.82) is 0 Å². The lowest BCUT2D eigenvalue weighted by Crippen LogP contribution is -2.13. The molecule has 0 radical (unpaired) electrons. The number of halogens is 1. The van der Waals surface area contributed by atoms with E-state index in [4.69, 9.17) is 17.3 Å². The van der Waals surface area contributed by atoms with Gasteiger partial charge in [0.25, 0.3) is 0 Å². The Bertz CT molecular complexity index is 653. The zero-order valence-electron chi connectivity index (χ0n) is 12.1. The van der Waals surface area contributed by atoms with Crippen LogP contribution in [0.25, 0.3) is 0 Å². The fourth-order valence-electron chi connectivity index (χ4n) is 2.04. The number of nitrogens with zero attached hydrogens (tertiary/aromatic N) is 3. The van der Waals surface area contributed by atoms with Crippen LogP contribution in [0, 0.1) is 13.8 Å². The molecular weight excluding hydrogens is 290 g/mol. The van der Waals surface area contributed by atoms with E-state index in [-0.39, 0.29) is 0 Å². The molecule has 0 aliphatic heterocycles. The van der Waals surface area contributed by atoms with Crippen molar-refractivity contribution in [2.75, 3.05) is 11.9 Å². The van der Waals surface area contributed by atoms with Gasteiger partial charge >= 0.3 is 0 Å². The minimum atomic E-state index is -0.541. The Morgan fingerprint density at radius 2 is 2.19 bits per heavy atom. The van der Waals surface area contributed by atoms with Crippen LogP contribution in [0.3, 0.4) is 0 Å². The van der Waals surface area contributed by atoms with Gasteiger partial charge in [-0.05, 0) is 32.4 Å². The van der Waals surface area contributed by atoms with Crippen LogP contribution in [0.5, 0.6) is 0 Å². The molecule has 0 unspecified atom stereocenters. The van der Waals surface area contributed by atoms with E-state index >= 15 is 0 Å². The van der Waals surface area contributed by atoms with Crippen LogP contribution in [0.2, 0.25) is 5.02 Å². The van der Waals surface area contributed by atoms with E-state index in [0.29, 0.717) is 22.9 Å². The van der Waals surface area contributed by atoms with Crippen molar-refractivity contribution in [2.45, 2.75) is 26.8 Å².